The second-order valence-electron chi connectivity index (χ2n) is 21.2. The quantitative estimate of drug-likeness (QED) is 0.122. The predicted octanol–water partition coefficient (Wildman–Crippen LogP) is 16.7. The molecule has 0 saturated carbocycles. The number of alkyl halides is 6. The second-order valence-corrected chi connectivity index (χ2v) is 22.4. The SMILES string of the molecule is CC(C)(C)C1=CC(C)(C)c2cc3[cH-]c4cc5c(cc4c3cc21)C(C(C)(C)C)=CC5(C)C.CC(C)(C)C1=CC[C-]=C1.FC(F)(F)c1ccc([C](=[Zr+2])c2ccc(C(F)(F)F)cc2)cc1. The topological polar surface area (TPSA) is 0 Å². The first kappa shape index (κ1) is 47.5. The van der Waals surface area contributed by atoms with Crippen molar-refractivity contribution in [3.63, 3.8) is 0 Å². The van der Waals surface area contributed by atoms with Crippen molar-refractivity contribution in [1.82, 2.24) is 0 Å². The zero-order chi connectivity index (χ0) is 46.2. The molecular formula is C55H58F6Zr. The van der Waals surface area contributed by atoms with Crippen LogP contribution in [0, 0.1) is 22.3 Å². The van der Waals surface area contributed by atoms with Gasteiger partial charge in [-0.25, -0.2) is 6.08 Å². The minimum atomic E-state index is -4.41. The maximum absolute atomic E-state index is 12.5. The van der Waals surface area contributed by atoms with Crippen LogP contribution in [0.2, 0.25) is 0 Å². The number of hydrogen-bond acceptors (Lipinski definition) is 0. The van der Waals surface area contributed by atoms with Crippen molar-refractivity contribution in [3.05, 3.63) is 159 Å². The van der Waals surface area contributed by atoms with Crippen molar-refractivity contribution in [2.75, 3.05) is 0 Å². The van der Waals surface area contributed by atoms with E-state index >= 15 is 0 Å². The van der Waals surface area contributed by atoms with Crippen LogP contribution < -0.4 is 0 Å². The molecule has 0 N–H and O–H groups in total. The van der Waals surface area contributed by atoms with Gasteiger partial charge in [-0.3, -0.25) is 6.08 Å². The van der Waals surface area contributed by atoms with Gasteiger partial charge in [-0.1, -0.05) is 131 Å². The molecule has 3 aliphatic carbocycles. The Balaban J connectivity index is 0.000000179. The Kier molecular flexibility index (Phi) is 12.4. The van der Waals surface area contributed by atoms with E-state index in [0.29, 0.717) is 19.7 Å². The van der Waals surface area contributed by atoms with E-state index < -0.39 is 23.5 Å². The number of hydrogen-bond donors (Lipinski definition) is 0. The number of allylic oxidation sites excluding steroid dienone is 8. The Hall–Kier alpha value is -3.96. The fourth-order valence-corrected chi connectivity index (χ4v) is 9.45. The molecule has 8 rings (SSSR count). The molecule has 0 spiro atoms. The van der Waals surface area contributed by atoms with Gasteiger partial charge in [0, 0.05) is 10.8 Å². The molecule has 0 aliphatic heterocycles. The Morgan fingerprint density at radius 2 is 0.935 bits per heavy atom. The summed E-state index contributed by atoms with van der Waals surface area (Å²) in [6.45, 7) is 30.1. The molecule has 62 heavy (non-hydrogen) atoms. The zero-order valence-corrected chi connectivity index (χ0v) is 40.7. The van der Waals surface area contributed by atoms with Crippen molar-refractivity contribution in [2.45, 2.75) is 120 Å². The summed E-state index contributed by atoms with van der Waals surface area (Å²) < 4.78 is 75.6. The Labute approximate surface area is 379 Å². The molecule has 5 aromatic carbocycles. The summed E-state index contributed by atoms with van der Waals surface area (Å²) in [5, 5.41) is 5.58. The molecule has 0 unspecified atom stereocenters. The average Bonchev–Trinajstić information content (AvgIpc) is 3.93. The van der Waals surface area contributed by atoms with Crippen LogP contribution in [-0.4, -0.2) is 3.21 Å². The Morgan fingerprint density at radius 1 is 0.565 bits per heavy atom. The van der Waals surface area contributed by atoms with E-state index in [1.165, 1.54) is 84.8 Å². The van der Waals surface area contributed by atoms with Crippen molar-refractivity contribution in [1.29, 1.82) is 0 Å². The molecule has 0 aromatic heterocycles. The first-order valence-corrected chi connectivity index (χ1v) is 22.4. The summed E-state index contributed by atoms with van der Waals surface area (Å²) in [5.41, 5.74) is 10.6. The predicted molar refractivity (Wildman–Crippen MR) is 244 cm³/mol. The molecule has 324 valence electrons. The minimum absolute atomic E-state index is 0.0848. The van der Waals surface area contributed by atoms with Gasteiger partial charge in [0.1, 0.15) is 0 Å². The van der Waals surface area contributed by atoms with E-state index in [-0.39, 0.29) is 21.7 Å². The van der Waals surface area contributed by atoms with E-state index in [2.05, 4.69) is 151 Å². The van der Waals surface area contributed by atoms with Crippen molar-refractivity contribution in [2.24, 2.45) is 16.2 Å². The monoisotopic (exact) mass is 922 g/mol. The number of halogens is 6. The third kappa shape index (κ3) is 9.89. The molecule has 0 saturated heterocycles. The normalized spacial score (nSPS) is 16.8. The van der Waals surface area contributed by atoms with Crippen LogP contribution >= 0.6 is 0 Å². The standard InChI is InChI=1S/C31H37.C15H8F6.C9H13.Zr/c1-28(2,3)26-16-30(7,8)24-12-18-11-19-13-25-23(15-21(19)20(18)14-22(24)26)27(29(4,5)6)17-31(25,9)10;16-14(17,18)12-5-1-10(2-6-12)9-11-3-7-13(8-4-11)15(19,20)21;1-9(2,3)8-6-4-5-7-8;/h11-17H,1-10H3;1-8H;6-7H,4H2,1-3H3;/q-1;;-1;+2. The van der Waals surface area contributed by atoms with E-state index in [9.17, 15) is 26.3 Å². The summed E-state index contributed by atoms with van der Waals surface area (Å²) in [4.78, 5) is 0. The van der Waals surface area contributed by atoms with Gasteiger partial charge in [0.25, 0.3) is 0 Å². The molecule has 0 heterocycles. The summed E-state index contributed by atoms with van der Waals surface area (Å²) in [6.07, 6.45) is 4.68. The molecular weight excluding hydrogens is 866 g/mol. The van der Waals surface area contributed by atoms with Crippen molar-refractivity contribution in [3.8, 4) is 0 Å². The first-order valence-electron chi connectivity index (χ1n) is 21.2. The molecule has 0 atom stereocenters. The molecule has 3 aliphatic rings. The van der Waals surface area contributed by atoms with Crippen molar-refractivity contribution < 1.29 is 50.6 Å². The van der Waals surface area contributed by atoms with Crippen LogP contribution in [0.1, 0.15) is 141 Å². The van der Waals surface area contributed by atoms with Gasteiger partial charge >= 0.3 is 137 Å². The third-order valence-corrected chi connectivity index (χ3v) is 13.6. The molecule has 0 bridgehead atoms. The van der Waals surface area contributed by atoms with Gasteiger partial charge in [0.05, 0.1) is 0 Å². The Morgan fingerprint density at radius 3 is 1.21 bits per heavy atom. The fraction of sp³-hybridized carbons (Fsp3) is 0.382. The number of fused-ring (bicyclic) bond motifs is 5. The van der Waals surface area contributed by atoms with Crippen molar-refractivity contribution >= 4 is 35.9 Å². The van der Waals surface area contributed by atoms with Gasteiger partial charge in [0.2, 0.25) is 0 Å². The van der Waals surface area contributed by atoms with Gasteiger partial charge in [-0.2, -0.15) is 11.6 Å². The molecule has 0 nitrogen and oxygen atoms in total. The van der Waals surface area contributed by atoms with Crippen LogP contribution in [0.4, 0.5) is 26.3 Å². The van der Waals surface area contributed by atoms with E-state index in [0.717, 1.165) is 54.9 Å². The molecule has 7 heteroatoms. The first-order chi connectivity index (χ1) is 28.3. The Bertz CT molecular complexity index is 2480. The van der Waals surface area contributed by atoms with E-state index in [1.54, 1.807) is 0 Å². The summed E-state index contributed by atoms with van der Waals surface area (Å²) >= 11 is 0.898. The fourth-order valence-electron chi connectivity index (χ4n) is 8.63. The van der Waals surface area contributed by atoms with E-state index in [4.69, 9.17) is 0 Å². The number of rotatable bonds is 2. The van der Waals surface area contributed by atoms with Gasteiger partial charge in [-0.05, 0) is 33.1 Å². The summed E-state index contributed by atoms with van der Waals surface area (Å²) in [6, 6.07) is 21.5. The summed E-state index contributed by atoms with van der Waals surface area (Å²) in [7, 11) is 0. The third-order valence-electron chi connectivity index (χ3n) is 12.1. The van der Waals surface area contributed by atoms with Crippen LogP contribution in [0.15, 0.2) is 109 Å². The van der Waals surface area contributed by atoms with Gasteiger partial charge < -0.3 is 0 Å². The zero-order valence-electron chi connectivity index (χ0n) is 38.3. The molecule has 0 fully saturated rings. The molecule has 0 radical (unpaired) electrons. The van der Waals surface area contributed by atoms with Gasteiger partial charge in [-0.15, -0.1) is 46.2 Å². The number of benzene rings is 4. The summed E-state index contributed by atoms with van der Waals surface area (Å²) in [5.74, 6) is 0. The van der Waals surface area contributed by atoms with Gasteiger partial charge in [0.15, 0.2) is 0 Å². The molecule has 0 amide bonds. The second kappa shape index (κ2) is 16.2. The van der Waals surface area contributed by atoms with Crippen LogP contribution in [-0.2, 0) is 47.4 Å². The van der Waals surface area contributed by atoms with Crippen LogP contribution in [0.25, 0.3) is 32.7 Å². The average molecular weight is 924 g/mol. The van der Waals surface area contributed by atoms with E-state index in [1.807, 2.05) is 0 Å². The molecule has 5 aromatic rings. The van der Waals surface area contributed by atoms with Crippen LogP contribution in [0.3, 0.4) is 0 Å². The van der Waals surface area contributed by atoms with Crippen LogP contribution in [0.5, 0.6) is 0 Å². The maximum atomic E-state index is 12.5.